The maximum absolute atomic E-state index is 12.7. The van der Waals surface area contributed by atoms with Gasteiger partial charge in [-0.2, -0.15) is 17.7 Å². The van der Waals surface area contributed by atoms with Crippen molar-refractivity contribution in [3.63, 3.8) is 0 Å². The number of alkyl halides is 5. The van der Waals surface area contributed by atoms with Gasteiger partial charge in [-0.15, -0.1) is 15.3 Å². The second kappa shape index (κ2) is 5.44. The molecule has 3 aromatic heterocycles. The van der Waals surface area contributed by atoms with Gasteiger partial charge in [-0.3, -0.25) is 0 Å². The quantitative estimate of drug-likeness (QED) is 0.717. The van der Waals surface area contributed by atoms with Gasteiger partial charge in [-0.25, -0.2) is 13.8 Å². The molecule has 0 aliphatic carbocycles. The molecule has 23 heavy (non-hydrogen) atoms. The lowest BCUT2D eigenvalue weighted by Gasteiger charge is -2.05. The van der Waals surface area contributed by atoms with Crippen molar-refractivity contribution in [2.24, 2.45) is 0 Å². The van der Waals surface area contributed by atoms with Crippen molar-refractivity contribution >= 4 is 11.5 Å². The first kappa shape index (κ1) is 15.1. The van der Waals surface area contributed by atoms with Gasteiger partial charge in [0.05, 0.1) is 12.7 Å². The minimum absolute atomic E-state index is 0.0251. The fraction of sp³-hybridized carbons (Fsp3) is 0.273. The summed E-state index contributed by atoms with van der Waals surface area (Å²) in [7, 11) is 0. The van der Waals surface area contributed by atoms with Crippen LogP contribution >= 0.6 is 0 Å². The van der Waals surface area contributed by atoms with Crippen LogP contribution < -0.4 is 5.32 Å². The molecule has 0 amide bonds. The minimum Gasteiger partial charge on any atom is -0.361 e. The summed E-state index contributed by atoms with van der Waals surface area (Å²) < 4.78 is 63.6. The topological polar surface area (TPSA) is 83.8 Å². The van der Waals surface area contributed by atoms with Crippen molar-refractivity contribution < 1.29 is 22.0 Å². The van der Waals surface area contributed by atoms with Gasteiger partial charge in [0.2, 0.25) is 5.82 Å². The number of nitrogens with zero attached hydrogens (tertiary/aromatic N) is 5. The molecule has 3 aromatic rings. The lowest BCUT2D eigenvalue weighted by molar-refractivity contribution is -0.140. The lowest BCUT2D eigenvalue weighted by Crippen LogP contribution is -2.08. The zero-order chi connectivity index (χ0) is 16.6. The first-order valence-corrected chi connectivity index (χ1v) is 6.20. The minimum atomic E-state index is -4.52. The number of halogens is 5. The van der Waals surface area contributed by atoms with Crippen LogP contribution in [0.15, 0.2) is 18.3 Å². The molecular formula is C11H8F5N7. The lowest BCUT2D eigenvalue weighted by atomic mass is 10.5. The Morgan fingerprint density at radius 1 is 1.22 bits per heavy atom. The molecule has 0 aromatic carbocycles. The second-order valence-corrected chi connectivity index (χ2v) is 4.44. The summed E-state index contributed by atoms with van der Waals surface area (Å²) in [5.41, 5.74) is -0.847. The summed E-state index contributed by atoms with van der Waals surface area (Å²) in [5, 5.41) is 13.4. The summed E-state index contributed by atoms with van der Waals surface area (Å²) in [4.78, 5) is 5.69. The molecule has 3 rings (SSSR count). The van der Waals surface area contributed by atoms with E-state index in [1.807, 2.05) is 0 Å². The highest BCUT2D eigenvalue weighted by Gasteiger charge is 2.32. The standard InChI is InChI=1S/C11H8F5N7/c12-9(13)10-21-20-8-2-1-6(22-23(8)10)18-4-7-17-3-5(19-7)11(14,15)16/h1-3,9H,4H2,(H,17,19)(H,18,22). The van der Waals surface area contributed by atoms with E-state index in [1.165, 1.54) is 12.1 Å². The molecule has 0 spiro atoms. The zero-order valence-corrected chi connectivity index (χ0v) is 11.1. The Bertz CT molecular complexity index is 822. The molecule has 122 valence electrons. The predicted molar refractivity (Wildman–Crippen MR) is 66.7 cm³/mol. The van der Waals surface area contributed by atoms with E-state index in [1.54, 1.807) is 0 Å². The first-order valence-electron chi connectivity index (χ1n) is 6.20. The molecule has 0 radical (unpaired) electrons. The van der Waals surface area contributed by atoms with Gasteiger partial charge in [0, 0.05) is 0 Å². The molecule has 0 saturated carbocycles. The number of rotatable bonds is 4. The molecule has 2 N–H and O–H groups in total. The van der Waals surface area contributed by atoms with Crippen LogP contribution in [-0.2, 0) is 12.7 Å². The number of hydrogen-bond donors (Lipinski definition) is 2. The number of hydrogen-bond acceptors (Lipinski definition) is 5. The molecule has 0 unspecified atom stereocenters. The van der Waals surface area contributed by atoms with Gasteiger partial charge >= 0.3 is 6.18 Å². The van der Waals surface area contributed by atoms with Crippen molar-refractivity contribution in [3.05, 3.63) is 35.7 Å². The zero-order valence-electron chi connectivity index (χ0n) is 11.1. The molecule has 0 atom stereocenters. The molecule has 0 aliphatic heterocycles. The summed E-state index contributed by atoms with van der Waals surface area (Å²) in [6, 6.07) is 2.84. The summed E-state index contributed by atoms with van der Waals surface area (Å²) in [5.74, 6) is -0.442. The van der Waals surface area contributed by atoms with Gasteiger partial charge < -0.3 is 10.3 Å². The molecule has 0 aliphatic rings. The number of nitrogens with one attached hydrogen (secondary N) is 2. The Kier molecular flexibility index (Phi) is 3.58. The molecule has 7 nitrogen and oxygen atoms in total. The van der Waals surface area contributed by atoms with Crippen LogP contribution in [0.25, 0.3) is 5.65 Å². The van der Waals surface area contributed by atoms with Crippen LogP contribution in [0, 0.1) is 0 Å². The molecule has 0 fully saturated rings. The maximum atomic E-state index is 12.7. The average Bonchev–Trinajstić information content (AvgIpc) is 3.11. The van der Waals surface area contributed by atoms with E-state index in [0.717, 1.165) is 4.52 Å². The fourth-order valence-corrected chi connectivity index (χ4v) is 1.81. The highest BCUT2D eigenvalue weighted by Crippen LogP contribution is 2.27. The van der Waals surface area contributed by atoms with Crippen LogP contribution in [0.3, 0.4) is 0 Å². The Hall–Kier alpha value is -2.79. The van der Waals surface area contributed by atoms with E-state index in [9.17, 15) is 22.0 Å². The van der Waals surface area contributed by atoms with E-state index in [2.05, 4.69) is 30.6 Å². The Labute approximate surface area is 124 Å². The van der Waals surface area contributed by atoms with Crippen molar-refractivity contribution in [2.75, 3.05) is 5.32 Å². The Balaban J connectivity index is 1.76. The van der Waals surface area contributed by atoms with Gasteiger partial charge in [0.1, 0.15) is 17.3 Å². The monoisotopic (exact) mass is 333 g/mol. The number of aromatic amines is 1. The Morgan fingerprint density at radius 2 is 2.00 bits per heavy atom. The molecular weight excluding hydrogens is 325 g/mol. The maximum Gasteiger partial charge on any atom is 0.432 e. The molecule has 3 heterocycles. The van der Waals surface area contributed by atoms with Crippen LogP contribution in [0.2, 0.25) is 0 Å². The van der Waals surface area contributed by atoms with E-state index < -0.39 is 24.1 Å². The van der Waals surface area contributed by atoms with E-state index in [-0.39, 0.29) is 23.8 Å². The van der Waals surface area contributed by atoms with E-state index >= 15 is 0 Å². The van der Waals surface area contributed by atoms with E-state index in [0.29, 0.717) is 6.20 Å². The van der Waals surface area contributed by atoms with Crippen molar-refractivity contribution in [1.29, 1.82) is 0 Å². The molecule has 0 bridgehead atoms. The van der Waals surface area contributed by atoms with Crippen LogP contribution in [-0.4, -0.2) is 29.8 Å². The van der Waals surface area contributed by atoms with Gasteiger partial charge in [0.25, 0.3) is 6.43 Å². The van der Waals surface area contributed by atoms with Crippen LogP contribution in [0.4, 0.5) is 27.8 Å². The Morgan fingerprint density at radius 3 is 2.65 bits per heavy atom. The van der Waals surface area contributed by atoms with Crippen LogP contribution in [0.5, 0.6) is 0 Å². The highest BCUT2D eigenvalue weighted by molar-refractivity contribution is 5.44. The van der Waals surface area contributed by atoms with Gasteiger partial charge in [-0.1, -0.05) is 0 Å². The highest BCUT2D eigenvalue weighted by atomic mass is 19.4. The number of anilines is 1. The van der Waals surface area contributed by atoms with Crippen molar-refractivity contribution in [1.82, 2.24) is 29.8 Å². The van der Waals surface area contributed by atoms with Crippen molar-refractivity contribution in [2.45, 2.75) is 19.1 Å². The summed E-state index contributed by atoms with van der Waals surface area (Å²) >= 11 is 0. The smallest absolute Gasteiger partial charge is 0.361 e. The number of aromatic nitrogens is 6. The number of H-pyrrole nitrogens is 1. The number of imidazole rings is 1. The fourth-order valence-electron chi connectivity index (χ4n) is 1.81. The third-order valence-electron chi connectivity index (χ3n) is 2.85. The predicted octanol–water partition coefficient (Wildman–Crippen LogP) is 2.42. The third-order valence-corrected chi connectivity index (χ3v) is 2.85. The summed E-state index contributed by atoms with van der Waals surface area (Å²) in [6.45, 7) is -0.0965. The second-order valence-electron chi connectivity index (χ2n) is 4.44. The SMILES string of the molecule is FC(F)c1nnc2ccc(NCc3ncc(C(F)(F)F)[nH]3)nn12. The number of fused-ring (bicyclic) bond motifs is 1. The third kappa shape index (κ3) is 3.05. The summed E-state index contributed by atoms with van der Waals surface area (Å²) in [6.07, 6.45) is -6.70. The van der Waals surface area contributed by atoms with Gasteiger partial charge in [0.15, 0.2) is 5.65 Å². The normalized spacial score (nSPS) is 12.3. The average molecular weight is 333 g/mol. The van der Waals surface area contributed by atoms with Crippen molar-refractivity contribution in [3.8, 4) is 0 Å². The van der Waals surface area contributed by atoms with Gasteiger partial charge in [-0.05, 0) is 12.1 Å². The van der Waals surface area contributed by atoms with E-state index in [4.69, 9.17) is 0 Å². The first-order chi connectivity index (χ1) is 10.8. The largest absolute Gasteiger partial charge is 0.432 e. The molecule has 0 saturated heterocycles. The van der Waals surface area contributed by atoms with Crippen LogP contribution in [0.1, 0.15) is 23.8 Å². The molecule has 12 heteroatoms.